The summed E-state index contributed by atoms with van der Waals surface area (Å²) in [7, 11) is 0. The minimum absolute atomic E-state index is 0.112. The van der Waals surface area contributed by atoms with Crippen LogP contribution in [0, 0.1) is 0 Å². The molecule has 2 aromatic rings. The quantitative estimate of drug-likeness (QED) is 0.467. The summed E-state index contributed by atoms with van der Waals surface area (Å²) in [6, 6.07) is 6.55. The molecule has 0 aromatic heterocycles. The van der Waals surface area contributed by atoms with Gasteiger partial charge in [0.25, 0.3) is 11.8 Å². The van der Waals surface area contributed by atoms with Gasteiger partial charge in [0, 0.05) is 5.39 Å². The van der Waals surface area contributed by atoms with Crippen molar-refractivity contribution in [2.75, 3.05) is 0 Å². The van der Waals surface area contributed by atoms with Crippen molar-refractivity contribution in [1.82, 2.24) is 5.32 Å². The lowest BCUT2D eigenvalue weighted by Crippen LogP contribution is -2.20. The number of benzene rings is 2. The van der Waals surface area contributed by atoms with E-state index in [0.717, 1.165) is 0 Å². The van der Waals surface area contributed by atoms with Gasteiger partial charge in [-0.3, -0.25) is 14.9 Å². The highest BCUT2D eigenvalue weighted by Gasteiger charge is 2.34. The Hall–Kier alpha value is -2.56. The smallest absolute Gasteiger partial charge is 0.262 e. The molecule has 1 aliphatic rings. The van der Waals surface area contributed by atoms with Crippen molar-refractivity contribution in [3.63, 3.8) is 0 Å². The number of carbonyl (C=O) groups excluding carboxylic acids is 2. The fourth-order valence-corrected chi connectivity index (χ4v) is 2.09. The van der Waals surface area contributed by atoms with Crippen molar-refractivity contribution < 1.29 is 19.8 Å². The van der Waals surface area contributed by atoms with E-state index in [1.165, 1.54) is 0 Å². The normalized spacial score (nSPS) is 13.9. The number of amides is 2. The van der Waals surface area contributed by atoms with Crippen molar-refractivity contribution in [2.24, 2.45) is 0 Å². The van der Waals surface area contributed by atoms with Crippen molar-refractivity contribution in [3.8, 4) is 11.5 Å². The average Bonchev–Trinajstić information content (AvgIpc) is 2.62. The number of fused-ring (bicyclic) bond motifs is 3. The van der Waals surface area contributed by atoms with E-state index in [9.17, 15) is 19.8 Å². The van der Waals surface area contributed by atoms with E-state index in [0.29, 0.717) is 10.8 Å². The van der Waals surface area contributed by atoms with Crippen LogP contribution in [0.1, 0.15) is 20.7 Å². The number of imide groups is 1. The first-order valence-corrected chi connectivity index (χ1v) is 4.93. The van der Waals surface area contributed by atoms with Gasteiger partial charge in [0.15, 0.2) is 11.5 Å². The Morgan fingerprint density at radius 2 is 1.41 bits per heavy atom. The Morgan fingerprint density at radius 3 is 2.12 bits per heavy atom. The van der Waals surface area contributed by atoms with Crippen LogP contribution in [0.25, 0.3) is 10.8 Å². The van der Waals surface area contributed by atoms with Gasteiger partial charge in [0.2, 0.25) is 0 Å². The number of phenols is 2. The second-order valence-electron chi connectivity index (χ2n) is 3.78. The van der Waals surface area contributed by atoms with Crippen molar-refractivity contribution in [1.29, 1.82) is 0 Å². The van der Waals surface area contributed by atoms with Crippen molar-refractivity contribution >= 4 is 22.6 Å². The third kappa shape index (κ3) is 1.08. The summed E-state index contributed by atoms with van der Waals surface area (Å²) in [4.78, 5) is 23.1. The first-order chi connectivity index (χ1) is 8.11. The zero-order valence-electron chi connectivity index (χ0n) is 8.52. The largest absolute Gasteiger partial charge is 0.504 e. The maximum Gasteiger partial charge on any atom is 0.262 e. The lowest BCUT2D eigenvalue weighted by molar-refractivity contribution is 0.0879. The van der Waals surface area contributed by atoms with Gasteiger partial charge >= 0.3 is 0 Å². The maximum atomic E-state index is 11.6. The van der Waals surface area contributed by atoms with Crippen LogP contribution in [0.3, 0.4) is 0 Å². The standard InChI is InChI=1S/C12H7NO4/c14-9-6-4-2-1-3-5(6)7-8(10(9)15)12(17)13-11(7)16/h1-4,14-15H,(H,13,16,17). The Morgan fingerprint density at radius 1 is 0.824 bits per heavy atom. The summed E-state index contributed by atoms with van der Waals surface area (Å²) in [5.41, 5.74) is -0.0490. The van der Waals surface area contributed by atoms with E-state index in [2.05, 4.69) is 5.32 Å². The zero-order chi connectivity index (χ0) is 12.2. The molecular weight excluding hydrogens is 222 g/mol. The number of hydrogen-bond donors (Lipinski definition) is 3. The summed E-state index contributed by atoms with van der Waals surface area (Å²) in [5.74, 6) is -2.19. The number of carbonyl (C=O) groups is 2. The number of aromatic hydroxyl groups is 2. The van der Waals surface area contributed by atoms with Crippen molar-refractivity contribution in [2.45, 2.75) is 0 Å². The molecule has 0 bridgehead atoms. The van der Waals surface area contributed by atoms with Gasteiger partial charge in [-0.05, 0) is 5.39 Å². The number of nitrogens with one attached hydrogen (secondary N) is 1. The van der Waals surface area contributed by atoms with Crippen LogP contribution in [0.5, 0.6) is 11.5 Å². The first kappa shape index (κ1) is 9.65. The van der Waals surface area contributed by atoms with Gasteiger partial charge in [-0.15, -0.1) is 0 Å². The van der Waals surface area contributed by atoms with Crippen LogP contribution in [0.15, 0.2) is 24.3 Å². The molecule has 1 aliphatic heterocycles. The fourth-order valence-electron chi connectivity index (χ4n) is 2.09. The van der Waals surface area contributed by atoms with Crippen LogP contribution in [0.2, 0.25) is 0 Å². The minimum Gasteiger partial charge on any atom is -0.504 e. The molecule has 5 heteroatoms. The summed E-state index contributed by atoms with van der Waals surface area (Å²) in [5, 5.41) is 22.4. The van der Waals surface area contributed by atoms with Crippen LogP contribution >= 0.6 is 0 Å². The number of hydrogen-bond acceptors (Lipinski definition) is 4. The topological polar surface area (TPSA) is 86.6 Å². The highest BCUT2D eigenvalue weighted by Crippen LogP contribution is 2.41. The monoisotopic (exact) mass is 229 g/mol. The zero-order valence-corrected chi connectivity index (χ0v) is 8.52. The Bertz CT molecular complexity index is 690. The SMILES string of the molecule is O=C1NC(=O)c2c1c(O)c(O)c1ccccc21. The van der Waals surface area contributed by atoms with Crippen molar-refractivity contribution in [3.05, 3.63) is 35.4 Å². The first-order valence-electron chi connectivity index (χ1n) is 4.93. The molecule has 0 saturated carbocycles. The molecule has 3 rings (SSSR count). The second-order valence-corrected chi connectivity index (χ2v) is 3.78. The summed E-state index contributed by atoms with van der Waals surface area (Å²) in [6.07, 6.45) is 0. The molecule has 0 aliphatic carbocycles. The van der Waals surface area contributed by atoms with E-state index in [1.54, 1.807) is 24.3 Å². The molecule has 0 saturated heterocycles. The summed E-state index contributed by atoms with van der Waals surface area (Å²) in [6.45, 7) is 0. The summed E-state index contributed by atoms with van der Waals surface area (Å²) < 4.78 is 0. The molecular formula is C12H7NO4. The van der Waals surface area contributed by atoms with Crippen LogP contribution < -0.4 is 5.32 Å². The third-order valence-electron chi connectivity index (χ3n) is 2.84. The van der Waals surface area contributed by atoms with Crippen LogP contribution in [0.4, 0.5) is 0 Å². The lowest BCUT2D eigenvalue weighted by atomic mass is 9.98. The van der Waals surface area contributed by atoms with Crippen LogP contribution in [-0.4, -0.2) is 22.0 Å². The molecule has 0 radical (unpaired) electrons. The highest BCUT2D eigenvalue weighted by molar-refractivity contribution is 6.28. The van der Waals surface area contributed by atoms with Crippen LogP contribution in [-0.2, 0) is 0 Å². The molecule has 0 atom stereocenters. The predicted molar refractivity (Wildman–Crippen MR) is 59.1 cm³/mol. The molecule has 17 heavy (non-hydrogen) atoms. The summed E-state index contributed by atoms with van der Waals surface area (Å²) >= 11 is 0. The van der Waals surface area contributed by atoms with E-state index in [4.69, 9.17) is 0 Å². The Balaban J connectivity index is 2.59. The Kier molecular flexibility index (Phi) is 1.69. The molecule has 2 amide bonds. The van der Waals surface area contributed by atoms with Gasteiger partial charge in [-0.2, -0.15) is 0 Å². The third-order valence-corrected chi connectivity index (χ3v) is 2.84. The number of phenolic OH excluding ortho intramolecular Hbond substituents is 2. The van der Waals surface area contributed by atoms with E-state index >= 15 is 0 Å². The average molecular weight is 229 g/mol. The van der Waals surface area contributed by atoms with E-state index in [1.807, 2.05) is 0 Å². The van der Waals surface area contributed by atoms with Gasteiger partial charge in [0.1, 0.15) is 0 Å². The predicted octanol–water partition coefficient (Wildman–Crippen LogP) is 1.13. The molecule has 0 spiro atoms. The van der Waals surface area contributed by atoms with Gasteiger partial charge in [-0.25, -0.2) is 0 Å². The molecule has 0 unspecified atom stereocenters. The molecule has 0 fully saturated rings. The second kappa shape index (κ2) is 2.98. The molecule has 2 aromatic carbocycles. The molecule has 5 nitrogen and oxygen atoms in total. The molecule has 3 N–H and O–H groups in total. The van der Waals surface area contributed by atoms with E-state index in [-0.39, 0.29) is 16.9 Å². The fraction of sp³-hybridized carbons (Fsp3) is 0. The van der Waals surface area contributed by atoms with E-state index < -0.39 is 17.6 Å². The number of rotatable bonds is 0. The maximum absolute atomic E-state index is 11.6. The lowest BCUT2D eigenvalue weighted by Gasteiger charge is -2.07. The highest BCUT2D eigenvalue weighted by atomic mass is 16.3. The van der Waals surface area contributed by atoms with Gasteiger partial charge < -0.3 is 10.2 Å². The molecule has 84 valence electrons. The molecule has 1 heterocycles. The van der Waals surface area contributed by atoms with Gasteiger partial charge in [0.05, 0.1) is 11.1 Å². The Labute approximate surface area is 95.3 Å². The minimum atomic E-state index is -0.691. The van der Waals surface area contributed by atoms with Gasteiger partial charge in [-0.1, -0.05) is 24.3 Å².